The summed E-state index contributed by atoms with van der Waals surface area (Å²) in [5.41, 5.74) is 0.920. The fraction of sp³-hybridized carbons (Fsp3) is 0.250. The van der Waals surface area contributed by atoms with Crippen molar-refractivity contribution < 1.29 is 18.7 Å². The van der Waals surface area contributed by atoms with Crippen LogP contribution in [0, 0.1) is 0 Å². The SMILES string of the molecule is C=CCN(CC=C)C(=O)COC(=O)CCc1ncc(-c2ccccc2)o1. The number of ether oxygens (including phenoxy) is 1. The van der Waals surface area contributed by atoms with E-state index in [-0.39, 0.29) is 18.9 Å². The Balaban J connectivity index is 1.78. The number of hydrogen-bond acceptors (Lipinski definition) is 5. The number of rotatable bonds is 10. The summed E-state index contributed by atoms with van der Waals surface area (Å²) >= 11 is 0. The van der Waals surface area contributed by atoms with E-state index in [4.69, 9.17) is 9.15 Å². The van der Waals surface area contributed by atoms with E-state index in [2.05, 4.69) is 18.1 Å². The lowest BCUT2D eigenvalue weighted by Crippen LogP contribution is -2.35. The molecular weight excluding hydrogens is 332 g/mol. The summed E-state index contributed by atoms with van der Waals surface area (Å²) in [6, 6.07) is 9.58. The molecule has 0 unspecified atom stereocenters. The molecule has 0 N–H and O–H groups in total. The molecule has 2 rings (SSSR count). The van der Waals surface area contributed by atoms with Crippen molar-refractivity contribution in [2.75, 3.05) is 19.7 Å². The highest BCUT2D eigenvalue weighted by Gasteiger charge is 2.14. The third-order valence-corrected chi connectivity index (χ3v) is 3.56. The number of aryl methyl sites for hydroxylation is 1. The number of carbonyl (C=O) groups excluding carboxylic acids is 2. The minimum Gasteiger partial charge on any atom is -0.456 e. The van der Waals surface area contributed by atoms with Crippen LogP contribution >= 0.6 is 0 Å². The highest BCUT2D eigenvalue weighted by atomic mass is 16.5. The molecule has 1 aromatic carbocycles. The average Bonchev–Trinajstić information content (AvgIpc) is 3.14. The van der Waals surface area contributed by atoms with Crippen molar-refractivity contribution in [3.63, 3.8) is 0 Å². The second kappa shape index (κ2) is 9.98. The Labute approximate surface area is 152 Å². The van der Waals surface area contributed by atoms with Crippen LogP contribution in [-0.4, -0.2) is 41.5 Å². The molecule has 0 aliphatic carbocycles. The highest BCUT2D eigenvalue weighted by Crippen LogP contribution is 2.20. The van der Waals surface area contributed by atoms with E-state index in [1.807, 2.05) is 30.3 Å². The van der Waals surface area contributed by atoms with Crippen LogP contribution in [0.5, 0.6) is 0 Å². The molecule has 6 nitrogen and oxygen atoms in total. The normalized spacial score (nSPS) is 10.2. The molecule has 26 heavy (non-hydrogen) atoms. The number of amides is 1. The van der Waals surface area contributed by atoms with Gasteiger partial charge >= 0.3 is 5.97 Å². The molecule has 0 spiro atoms. The number of carbonyl (C=O) groups is 2. The van der Waals surface area contributed by atoms with Gasteiger partial charge in [0.15, 0.2) is 18.3 Å². The monoisotopic (exact) mass is 354 g/mol. The predicted molar refractivity (Wildman–Crippen MR) is 98.2 cm³/mol. The van der Waals surface area contributed by atoms with Crippen molar-refractivity contribution >= 4 is 11.9 Å². The minimum atomic E-state index is -0.477. The Morgan fingerprint density at radius 1 is 1.15 bits per heavy atom. The Hall–Kier alpha value is -3.15. The fourth-order valence-electron chi connectivity index (χ4n) is 2.27. The Kier molecular flexibility index (Phi) is 7.36. The summed E-state index contributed by atoms with van der Waals surface area (Å²) in [5.74, 6) is 0.330. The van der Waals surface area contributed by atoms with Gasteiger partial charge in [0.1, 0.15) is 0 Å². The summed E-state index contributed by atoms with van der Waals surface area (Å²) in [6.45, 7) is 7.64. The van der Waals surface area contributed by atoms with Crippen LogP contribution in [0.15, 0.2) is 66.3 Å². The highest BCUT2D eigenvalue weighted by molar-refractivity contribution is 5.80. The first-order valence-electron chi connectivity index (χ1n) is 8.29. The van der Waals surface area contributed by atoms with Gasteiger partial charge in [-0.1, -0.05) is 42.5 Å². The number of aromatic nitrogens is 1. The van der Waals surface area contributed by atoms with Crippen LogP contribution < -0.4 is 0 Å². The molecule has 0 saturated carbocycles. The van der Waals surface area contributed by atoms with E-state index in [9.17, 15) is 9.59 Å². The summed E-state index contributed by atoms with van der Waals surface area (Å²) in [4.78, 5) is 29.5. The molecule has 1 amide bonds. The molecular formula is C20H22N2O4. The summed E-state index contributed by atoms with van der Waals surface area (Å²) in [7, 11) is 0. The van der Waals surface area contributed by atoms with Gasteiger partial charge in [-0.05, 0) is 0 Å². The molecule has 0 atom stereocenters. The molecule has 2 aromatic rings. The van der Waals surface area contributed by atoms with Gasteiger partial charge in [-0.25, -0.2) is 4.98 Å². The topological polar surface area (TPSA) is 72.6 Å². The van der Waals surface area contributed by atoms with Gasteiger partial charge < -0.3 is 14.1 Å². The number of hydrogen-bond donors (Lipinski definition) is 0. The van der Waals surface area contributed by atoms with Crippen LogP contribution in [0.1, 0.15) is 12.3 Å². The van der Waals surface area contributed by atoms with Crippen LogP contribution in [0.2, 0.25) is 0 Å². The van der Waals surface area contributed by atoms with E-state index < -0.39 is 5.97 Å². The van der Waals surface area contributed by atoms with Crippen molar-refractivity contribution in [1.82, 2.24) is 9.88 Å². The van der Waals surface area contributed by atoms with E-state index in [0.717, 1.165) is 5.56 Å². The third-order valence-electron chi connectivity index (χ3n) is 3.56. The molecule has 0 aliphatic heterocycles. The summed E-state index contributed by atoms with van der Waals surface area (Å²) in [6.07, 6.45) is 5.24. The van der Waals surface area contributed by atoms with Crippen LogP contribution in [0.4, 0.5) is 0 Å². The minimum absolute atomic E-state index is 0.0882. The lowest BCUT2D eigenvalue weighted by atomic mass is 10.2. The van der Waals surface area contributed by atoms with Gasteiger partial charge in [0.2, 0.25) is 0 Å². The number of benzene rings is 1. The smallest absolute Gasteiger partial charge is 0.306 e. The molecule has 6 heteroatoms. The van der Waals surface area contributed by atoms with Crippen molar-refractivity contribution in [1.29, 1.82) is 0 Å². The molecule has 1 heterocycles. The lowest BCUT2D eigenvalue weighted by Gasteiger charge is -2.18. The number of nitrogens with zero attached hydrogens (tertiary/aromatic N) is 2. The standard InChI is InChI=1S/C20H22N2O4/c1-3-12-22(13-4-2)19(23)15-25-20(24)11-10-18-21-14-17(26-18)16-8-6-5-7-9-16/h3-9,14H,1-2,10-13,15H2. The van der Waals surface area contributed by atoms with Crippen molar-refractivity contribution in [2.45, 2.75) is 12.8 Å². The zero-order valence-corrected chi connectivity index (χ0v) is 14.6. The van der Waals surface area contributed by atoms with Gasteiger partial charge in [-0.15, -0.1) is 13.2 Å². The molecule has 0 saturated heterocycles. The van der Waals surface area contributed by atoms with Gasteiger partial charge in [-0.2, -0.15) is 0 Å². The third kappa shape index (κ3) is 5.73. The maximum atomic E-state index is 12.0. The zero-order chi connectivity index (χ0) is 18.8. The maximum absolute atomic E-state index is 12.0. The Morgan fingerprint density at radius 2 is 1.85 bits per heavy atom. The van der Waals surface area contributed by atoms with Crippen LogP contribution in [0.3, 0.4) is 0 Å². The van der Waals surface area contributed by atoms with Crippen LogP contribution in [0.25, 0.3) is 11.3 Å². The van der Waals surface area contributed by atoms with E-state index in [0.29, 0.717) is 31.2 Å². The number of oxazole rings is 1. The quantitative estimate of drug-likeness (QED) is 0.484. The van der Waals surface area contributed by atoms with Gasteiger partial charge in [-0.3, -0.25) is 9.59 Å². The van der Waals surface area contributed by atoms with Crippen molar-refractivity contribution in [3.8, 4) is 11.3 Å². The van der Waals surface area contributed by atoms with E-state index in [1.54, 1.807) is 18.3 Å². The molecule has 0 bridgehead atoms. The van der Waals surface area contributed by atoms with Gasteiger partial charge in [0.25, 0.3) is 5.91 Å². The average molecular weight is 354 g/mol. The molecule has 0 radical (unpaired) electrons. The fourth-order valence-corrected chi connectivity index (χ4v) is 2.27. The first kappa shape index (κ1) is 19.2. The van der Waals surface area contributed by atoms with E-state index in [1.165, 1.54) is 4.90 Å². The predicted octanol–water partition coefficient (Wildman–Crippen LogP) is 3.02. The van der Waals surface area contributed by atoms with E-state index >= 15 is 0 Å². The zero-order valence-electron chi connectivity index (χ0n) is 14.6. The molecule has 1 aromatic heterocycles. The first-order chi connectivity index (χ1) is 12.6. The first-order valence-corrected chi connectivity index (χ1v) is 8.29. The Morgan fingerprint density at radius 3 is 2.50 bits per heavy atom. The van der Waals surface area contributed by atoms with Crippen molar-refractivity contribution in [2.24, 2.45) is 0 Å². The van der Waals surface area contributed by atoms with Gasteiger partial charge in [0.05, 0.1) is 12.6 Å². The molecule has 136 valence electrons. The largest absolute Gasteiger partial charge is 0.456 e. The second-order valence-electron chi connectivity index (χ2n) is 5.52. The molecule has 0 fully saturated rings. The second-order valence-corrected chi connectivity index (χ2v) is 5.52. The summed E-state index contributed by atoms with van der Waals surface area (Å²) in [5, 5.41) is 0. The number of esters is 1. The van der Waals surface area contributed by atoms with Crippen molar-refractivity contribution in [3.05, 3.63) is 67.7 Å². The Bertz CT molecular complexity index is 742. The summed E-state index contributed by atoms with van der Waals surface area (Å²) < 4.78 is 10.7. The maximum Gasteiger partial charge on any atom is 0.306 e. The van der Waals surface area contributed by atoms with Gasteiger partial charge in [0, 0.05) is 25.1 Å². The molecule has 0 aliphatic rings. The van der Waals surface area contributed by atoms with Crippen LogP contribution in [-0.2, 0) is 20.7 Å². The lowest BCUT2D eigenvalue weighted by molar-refractivity contribution is -0.151.